The van der Waals surface area contributed by atoms with Crippen molar-refractivity contribution in [2.75, 3.05) is 0 Å². The average molecular weight is 285 g/mol. The first-order valence-corrected chi connectivity index (χ1v) is 6.98. The van der Waals surface area contributed by atoms with Crippen molar-refractivity contribution in [1.29, 1.82) is 0 Å². The second-order valence-electron chi connectivity index (χ2n) is 5.70. The number of rotatable bonds is 3. The molecule has 0 aromatic heterocycles. The lowest BCUT2D eigenvalue weighted by Gasteiger charge is -2.36. The maximum atomic E-state index is 13.0. The fraction of sp³-hybridized carbons (Fsp3) is 0.533. The van der Waals surface area contributed by atoms with Crippen LogP contribution in [0.5, 0.6) is 0 Å². The molecule has 1 saturated carbocycles. The Bertz CT molecular complexity index is 489. The van der Waals surface area contributed by atoms with Gasteiger partial charge in [0.05, 0.1) is 5.41 Å². The van der Waals surface area contributed by atoms with Gasteiger partial charge in [-0.3, -0.25) is 4.79 Å². The van der Waals surface area contributed by atoms with Gasteiger partial charge < -0.3 is 5.11 Å². The van der Waals surface area contributed by atoms with E-state index >= 15 is 0 Å². The van der Waals surface area contributed by atoms with E-state index in [-0.39, 0.29) is 0 Å². The highest BCUT2D eigenvalue weighted by Gasteiger charge is 2.42. The van der Waals surface area contributed by atoms with Gasteiger partial charge in [0.25, 0.3) is 0 Å². The van der Waals surface area contributed by atoms with Crippen LogP contribution in [0.3, 0.4) is 0 Å². The minimum Gasteiger partial charge on any atom is -0.481 e. The fourth-order valence-electron chi connectivity index (χ4n) is 3.12. The Kier molecular flexibility index (Phi) is 4.14. The van der Waals surface area contributed by atoms with Gasteiger partial charge in [-0.05, 0) is 42.9 Å². The maximum absolute atomic E-state index is 13.0. The topological polar surface area (TPSA) is 37.3 Å². The quantitative estimate of drug-likeness (QED) is 0.898. The summed E-state index contributed by atoms with van der Waals surface area (Å²) in [4.78, 5) is 11.7. The van der Waals surface area contributed by atoms with Crippen LogP contribution in [0.2, 0.25) is 5.02 Å². The molecule has 4 heteroatoms. The molecular weight excluding hydrogens is 267 g/mol. The molecule has 1 aromatic rings. The highest BCUT2D eigenvalue weighted by Crippen LogP contribution is 2.43. The van der Waals surface area contributed by atoms with Gasteiger partial charge in [0.2, 0.25) is 0 Å². The molecule has 0 saturated heterocycles. The summed E-state index contributed by atoms with van der Waals surface area (Å²) in [5.74, 6) is -0.751. The van der Waals surface area contributed by atoms with Gasteiger partial charge in [-0.25, -0.2) is 4.39 Å². The molecule has 0 aliphatic heterocycles. The first kappa shape index (κ1) is 14.3. The maximum Gasteiger partial charge on any atom is 0.309 e. The van der Waals surface area contributed by atoms with Crippen molar-refractivity contribution in [2.45, 2.75) is 39.0 Å². The predicted octanol–water partition coefficient (Wildman–Crippen LogP) is 4.30. The predicted molar refractivity (Wildman–Crippen MR) is 72.8 cm³/mol. The monoisotopic (exact) mass is 284 g/mol. The molecule has 104 valence electrons. The zero-order valence-electron chi connectivity index (χ0n) is 11.0. The lowest BCUT2D eigenvalue weighted by atomic mass is 9.67. The summed E-state index contributed by atoms with van der Waals surface area (Å²) in [5.41, 5.74) is -0.0290. The van der Waals surface area contributed by atoms with Gasteiger partial charge >= 0.3 is 5.97 Å². The number of carbonyl (C=O) groups is 1. The van der Waals surface area contributed by atoms with E-state index in [1.807, 2.05) is 0 Å². The zero-order chi connectivity index (χ0) is 14.0. The summed E-state index contributed by atoms with van der Waals surface area (Å²) in [6.07, 6.45) is 3.71. The van der Waals surface area contributed by atoms with Gasteiger partial charge in [0.1, 0.15) is 5.82 Å². The molecule has 19 heavy (non-hydrogen) atoms. The molecule has 1 aromatic carbocycles. The Morgan fingerprint density at radius 1 is 1.58 bits per heavy atom. The summed E-state index contributed by atoms with van der Waals surface area (Å²) >= 11 is 6.02. The molecule has 2 unspecified atom stereocenters. The van der Waals surface area contributed by atoms with E-state index in [2.05, 4.69) is 6.92 Å². The molecule has 0 radical (unpaired) electrons. The Labute approximate surface area is 117 Å². The van der Waals surface area contributed by atoms with E-state index in [1.54, 1.807) is 6.07 Å². The van der Waals surface area contributed by atoms with Crippen LogP contribution in [0.1, 0.15) is 38.2 Å². The van der Waals surface area contributed by atoms with Crippen LogP contribution in [0, 0.1) is 17.2 Å². The zero-order valence-corrected chi connectivity index (χ0v) is 11.7. The summed E-state index contributed by atoms with van der Waals surface area (Å²) in [6.45, 7) is 2.09. The van der Waals surface area contributed by atoms with Crippen molar-refractivity contribution in [2.24, 2.45) is 11.3 Å². The Morgan fingerprint density at radius 3 is 2.89 bits per heavy atom. The minimum absolute atomic E-state index is 0.318. The van der Waals surface area contributed by atoms with E-state index in [4.69, 9.17) is 11.6 Å². The lowest BCUT2D eigenvalue weighted by Crippen LogP contribution is -2.38. The Morgan fingerprint density at radius 2 is 2.32 bits per heavy atom. The Hall–Kier alpha value is -1.09. The number of carboxylic acids is 1. The molecule has 0 heterocycles. The van der Waals surface area contributed by atoms with Crippen LogP contribution in [0.4, 0.5) is 4.39 Å². The summed E-state index contributed by atoms with van der Waals surface area (Å²) in [6, 6.07) is 4.18. The molecule has 0 spiro atoms. The van der Waals surface area contributed by atoms with Crippen LogP contribution in [0.15, 0.2) is 18.2 Å². The van der Waals surface area contributed by atoms with Crippen LogP contribution >= 0.6 is 11.6 Å². The van der Waals surface area contributed by atoms with Gasteiger partial charge in [-0.1, -0.05) is 37.4 Å². The lowest BCUT2D eigenvalue weighted by molar-refractivity contribution is -0.152. The summed E-state index contributed by atoms with van der Waals surface area (Å²) in [7, 11) is 0. The second-order valence-corrected chi connectivity index (χ2v) is 6.11. The Balaban J connectivity index is 2.28. The van der Waals surface area contributed by atoms with Crippen molar-refractivity contribution in [1.82, 2.24) is 0 Å². The van der Waals surface area contributed by atoms with Crippen LogP contribution in [-0.4, -0.2) is 11.1 Å². The smallest absolute Gasteiger partial charge is 0.309 e. The van der Waals surface area contributed by atoms with Crippen molar-refractivity contribution in [3.8, 4) is 0 Å². The molecule has 0 amide bonds. The number of halogens is 2. The van der Waals surface area contributed by atoms with Crippen molar-refractivity contribution < 1.29 is 14.3 Å². The van der Waals surface area contributed by atoms with E-state index < -0.39 is 17.2 Å². The molecule has 1 fully saturated rings. The molecule has 1 N–H and O–H groups in total. The average Bonchev–Trinajstić information content (AvgIpc) is 2.33. The number of hydrogen-bond acceptors (Lipinski definition) is 1. The molecule has 0 bridgehead atoms. The molecule has 2 atom stereocenters. The van der Waals surface area contributed by atoms with Gasteiger partial charge in [0, 0.05) is 5.02 Å². The fourth-order valence-corrected chi connectivity index (χ4v) is 3.35. The van der Waals surface area contributed by atoms with E-state index in [9.17, 15) is 14.3 Å². The first-order valence-electron chi connectivity index (χ1n) is 6.60. The third kappa shape index (κ3) is 3.08. The number of hydrogen-bond donors (Lipinski definition) is 1. The van der Waals surface area contributed by atoms with Gasteiger partial charge in [-0.2, -0.15) is 0 Å². The van der Waals surface area contributed by atoms with Gasteiger partial charge in [0.15, 0.2) is 0 Å². The SMILES string of the molecule is CC1CCCC(Cc2ccc(F)cc2Cl)(C(=O)O)C1. The van der Waals surface area contributed by atoms with Crippen LogP contribution in [-0.2, 0) is 11.2 Å². The van der Waals surface area contributed by atoms with Crippen molar-refractivity contribution >= 4 is 17.6 Å². The highest BCUT2D eigenvalue weighted by molar-refractivity contribution is 6.31. The third-order valence-electron chi connectivity index (χ3n) is 4.09. The van der Waals surface area contributed by atoms with Crippen LogP contribution in [0.25, 0.3) is 0 Å². The normalized spacial score (nSPS) is 27.2. The first-order chi connectivity index (χ1) is 8.93. The number of aliphatic carboxylic acids is 1. The van der Waals surface area contributed by atoms with Crippen molar-refractivity contribution in [3.05, 3.63) is 34.6 Å². The molecule has 1 aliphatic rings. The molecule has 2 nitrogen and oxygen atoms in total. The highest BCUT2D eigenvalue weighted by atomic mass is 35.5. The third-order valence-corrected chi connectivity index (χ3v) is 4.44. The number of benzene rings is 1. The van der Waals surface area contributed by atoms with E-state index in [0.717, 1.165) is 18.4 Å². The standard InChI is InChI=1S/C15H18ClFO2/c1-10-3-2-6-15(8-10,14(18)19)9-11-4-5-12(17)7-13(11)16/h4-5,7,10H,2-3,6,8-9H2,1H3,(H,18,19). The van der Waals surface area contributed by atoms with E-state index in [1.165, 1.54) is 12.1 Å². The van der Waals surface area contributed by atoms with E-state index in [0.29, 0.717) is 30.2 Å². The summed E-state index contributed by atoms with van der Waals surface area (Å²) < 4.78 is 13.0. The molecule has 1 aliphatic carbocycles. The minimum atomic E-state index is -0.764. The molecular formula is C15H18ClFO2. The summed E-state index contributed by atoms with van der Waals surface area (Å²) in [5, 5.41) is 9.91. The van der Waals surface area contributed by atoms with Gasteiger partial charge in [-0.15, -0.1) is 0 Å². The van der Waals surface area contributed by atoms with Crippen LogP contribution < -0.4 is 0 Å². The molecule has 2 rings (SSSR count). The van der Waals surface area contributed by atoms with Crippen molar-refractivity contribution in [3.63, 3.8) is 0 Å². The number of carboxylic acid groups (broad SMARTS) is 1. The largest absolute Gasteiger partial charge is 0.481 e. The second kappa shape index (κ2) is 5.49.